The van der Waals surface area contributed by atoms with Crippen LogP contribution < -0.4 is 10.9 Å². The summed E-state index contributed by atoms with van der Waals surface area (Å²) in [6.07, 6.45) is 0.264. The van der Waals surface area contributed by atoms with Crippen molar-refractivity contribution in [3.8, 4) is 0 Å². The molecule has 1 aliphatic carbocycles. The van der Waals surface area contributed by atoms with Crippen molar-refractivity contribution in [3.05, 3.63) is 104 Å². The Morgan fingerprint density at radius 1 is 1.09 bits per heavy atom. The normalized spacial score (nSPS) is 13.2. The van der Waals surface area contributed by atoms with E-state index in [1.165, 1.54) is 13.0 Å². The van der Waals surface area contributed by atoms with Gasteiger partial charge in [-0.3, -0.25) is 9.59 Å². The van der Waals surface area contributed by atoms with Gasteiger partial charge in [-0.05, 0) is 48.7 Å². The first-order valence-electron chi connectivity index (χ1n) is 10.3. The Hall–Kier alpha value is -3.80. The van der Waals surface area contributed by atoms with Crippen LogP contribution in [0.2, 0.25) is 0 Å². The topological polar surface area (TPSA) is 76.4 Å². The summed E-state index contributed by atoms with van der Waals surface area (Å²) < 4.78 is 20.0. The zero-order valence-corrected chi connectivity index (χ0v) is 18.0. The summed E-state index contributed by atoms with van der Waals surface area (Å²) in [6.45, 7) is 4.83. The number of Topliss-reactive ketones (excluding diaryl/α,β-unsaturated/α-hetero) is 1. The number of rotatable bonds is 4. The summed E-state index contributed by atoms with van der Waals surface area (Å²) in [5, 5.41) is 2.74. The fourth-order valence-corrected chi connectivity index (χ4v) is 4.14. The monoisotopic (exact) mass is 431 g/mol. The van der Waals surface area contributed by atoms with E-state index in [0.717, 1.165) is 5.57 Å². The fourth-order valence-electron chi connectivity index (χ4n) is 4.14. The first kappa shape index (κ1) is 21.4. The second-order valence-electron chi connectivity index (χ2n) is 7.98. The van der Waals surface area contributed by atoms with Crippen molar-refractivity contribution in [3.63, 3.8) is 0 Å². The Balaban J connectivity index is 1.92. The fraction of sp³-hybridized carbons (Fsp3) is 0.192. The molecule has 0 saturated heterocycles. The number of anilines is 1. The van der Waals surface area contributed by atoms with Crippen molar-refractivity contribution in [2.24, 2.45) is 0 Å². The molecule has 1 aliphatic rings. The molecule has 32 heavy (non-hydrogen) atoms. The lowest BCUT2D eigenvalue weighted by Gasteiger charge is -2.23. The quantitative estimate of drug-likeness (QED) is 0.628. The van der Waals surface area contributed by atoms with E-state index in [0.29, 0.717) is 39.1 Å². The van der Waals surface area contributed by atoms with Crippen LogP contribution in [0.3, 0.4) is 0 Å². The molecule has 0 unspecified atom stereocenters. The van der Waals surface area contributed by atoms with Crippen molar-refractivity contribution in [1.82, 2.24) is 0 Å². The maximum Gasteiger partial charge on any atom is 0.339 e. The summed E-state index contributed by atoms with van der Waals surface area (Å²) in [6, 6.07) is 13.5. The van der Waals surface area contributed by atoms with Gasteiger partial charge in [-0.1, -0.05) is 35.9 Å². The van der Waals surface area contributed by atoms with Crippen LogP contribution in [0.1, 0.15) is 58.6 Å². The van der Waals surface area contributed by atoms with Gasteiger partial charge >= 0.3 is 5.63 Å². The number of halogens is 1. The van der Waals surface area contributed by atoms with Crippen molar-refractivity contribution < 1.29 is 18.4 Å². The highest BCUT2D eigenvalue weighted by molar-refractivity contribution is 6.08. The summed E-state index contributed by atoms with van der Waals surface area (Å²) in [5.41, 5.74) is 3.63. The standard InChI is InChI=1S/C26H22FNO4/c1-14-11-22(30)24-20(13-17-7-4-5-10-21(17)27)15(2)26(31)32-25(24)23(14)18-8-6-9-19(12-18)28-16(3)29/h4-10,12H,11,13H2,1-3H3,(H,28,29). The second-order valence-corrected chi connectivity index (χ2v) is 7.98. The van der Waals surface area contributed by atoms with E-state index in [9.17, 15) is 18.8 Å². The van der Waals surface area contributed by atoms with E-state index >= 15 is 0 Å². The van der Waals surface area contributed by atoms with Crippen LogP contribution in [0.4, 0.5) is 10.1 Å². The van der Waals surface area contributed by atoms with Gasteiger partial charge in [-0.15, -0.1) is 0 Å². The number of carbonyl (C=O) groups is 2. The van der Waals surface area contributed by atoms with E-state index < -0.39 is 11.4 Å². The van der Waals surface area contributed by atoms with Crippen LogP contribution in [-0.4, -0.2) is 11.7 Å². The lowest BCUT2D eigenvalue weighted by atomic mass is 9.82. The van der Waals surface area contributed by atoms with Gasteiger partial charge in [-0.2, -0.15) is 0 Å². The molecule has 3 aromatic rings. The molecule has 1 amide bonds. The van der Waals surface area contributed by atoms with Crippen molar-refractivity contribution in [1.29, 1.82) is 0 Å². The minimum Gasteiger partial charge on any atom is -0.422 e. The zero-order chi connectivity index (χ0) is 23.0. The van der Waals surface area contributed by atoms with E-state index in [4.69, 9.17) is 4.42 Å². The molecule has 6 heteroatoms. The predicted octanol–water partition coefficient (Wildman–Crippen LogP) is 5.04. The lowest BCUT2D eigenvalue weighted by Crippen LogP contribution is -2.21. The molecule has 1 N–H and O–H groups in total. The second kappa shape index (κ2) is 8.38. The van der Waals surface area contributed by atoms with E-state index in [2.05, 4.69) is 5.32 Å². The van der Waals surface area contributed by atoms with E-state index in [1.54, 1.807) is 43.3 Å². The third-order valence-corrected chi connectivity index (χ3v) is 5.64. The summed E-state index contributed by atoms with van der Waals surface area (Å²) in [4.78, 5) is 37.3. The van der Waals surface area contributed by atoms with Crippen molar-refractivity contribution in [2.75, 3.05) is 5.32 Å². The predicted molar refractivity (Wildman–Crippen MR) is 120 cm³/mol. The Morgan fingerprint density at radius 2 is 1.84 bits per heavy atom. The van der Waals surface area contributed by atoms with E-state index in [1.807, 2.05) is 13.0 Å². The molecular weight excluding hydrogens is 409 g/mol. The van der Waals surface area contributed by atoms with Crippen LogP contribution in [0.25, 0.3) is 5.57 Å². The van der Waals surface area contributed by atoms with Gasteiger partial charge in [0.05, 0.1) is 5.56 Å². The Labute approximate surface area is 184 Å². The van der Waals surface area contributed by atoms with E-state index in [-0.39, 0.29) is 30.3 Å². The number of allylic oxidation sites excluding steroid dienone is 1. The molecule has 0 saturated carbocycles. The first-order valence-corrected chi connectivity index (χ1v) is 10.3. The highest BCUT2D eigenvalue weighted by atomic mass is 19.1. The number of fused-ring (bicyclic) bond motifs is 1. The lowest BCUT2D eigenvalue weighted by molar-refractivity contribution is -0.114. The maximum absolute atomic E-state index is 14.4. The molecule has 4 rings (SSSR count). The molecule has 0 radical (unpaired) electrons. The summed E-state index contributed by atoms with van der Waals surface area (Å²) in [5.74, 6) is -0.577. The summed E-state index contributed by atoms with van der Waals surface area (Å²) in [7, 11) is 0. The highest BCUT2D eigenvalue weighted by Crippen LogP contribution is 2.38. The SMILES string of the molecule is CC(=O)Nc1cccc(C2=C(C)CC(=O)c3c2oc(=O)c(C)c3Cc2ccccc2F)c1. The average molecular weight is 431 g/mol. The average Bonchev–Trinajstić information content (AvgIpc) is 2.72. The van der Waals surface area contributed by atoms with Gasteiger partial charge < -0.3 is 9.73 Å². The Bertz CT molecular complexity index is 1350. The smallest absolute Gasteiger partial charge is 0.339 e. The molecular formula is C26H22FNO4. The number of hydrogen-bond acceptors (Lipinski definition) is 4. The van der Waals surface area contributed by atoms with Gasteiger partial charge in [0.1, 0.15) is 11.6 Å². The number of ketones is 1. The number of hydrogen-bond donors (Lipinski definition) is 1. The van der Waals surface area contributed by atoms with Crippen LogP contribution in [-0.2, 0) is 11.2 Å². The van der Waals surface area contributed by atoms with Crippen molar-refractivity contribution >= 4 is 23.0 Å². The van der Waals surface area contributed by atoms with Gasteiger partial charge in [0.2, 0.25) is 5.91 Å². The van der Waals surface area contributed by atoms with Gasteiger partial charge in [0, 0.05) is 36.6 Å². The maximum atomic E-state index is 14.4. The third-order valence-electron chi connectivity index (χ3n) is 5.64. The summed E-state index contributed by atoms with van der Waals surface area (Å²) >= 11 is 0. The van der Waals surface area contributed by atoms with Gasteiger partial charge in [0.25, 0.3) is 0 Å². The Kier molecular flexibility index (Phi) is 5.61. The first-order chi connectivity index (χ1) is 15.3. The van der Waals surface area contributed by atoms with Crippen molar-refractivity contribution in [2.45, 2.75) is 33.6 Å². The van der Waals surface area contributed by atoms with Crippen LogP contribution in [0.15, 0.2) is 63.3 Å². The minimum atomic E-state index is -0.562. The number of carbonyl (C=O) groups excluding carboxylic acids is 2. The molecule has 0 atom stereocenters. The number of benzene rings is 2. The van der Waals surface area contributed by atoms with Crippen LogP contribution in [0, 0.1) is 12.7 Å². The number of nitrogens with one attached hydrogen (secondary N) is 1. The largest absolute Gasteiger partial charge is 0.422 e. The van der Waals surface area contributed by atoms with Gasteiger partial charge in [-0.25, -0.2) is 9.18 Å². The van der Waals surface area contributed by atoms with Crippen LogP contribution >= 0.6 is 0 Å². The molecule has 162 valence electrons. The number of amides is 1. The molecule has 1 heterocycles. The molecule has 0 fully saturated rings. The molecule has 0 spiro atoms. The molecule has 5 nitrogen and oxygen atoms in total. The molecule has 2 aromatic carbocycles. The zero-order valence-electron chi connectivity index (χ0n) is 18.0. The minimum absolute atomic E-state index is 0.108. The molecule has 0 aliphatic heterocycles. The highest BCUT2D eigenvalue weighted by Gasteiger charge is 2.31. The third kappa shape index (κ3) is 3.91. The molecule has 1 aromatic heterocycles. The van der Waals surface area contributed by atoms with Gasteiger partial charge in [0.15, 0.2) is 5.78 Å². The Morgan fingerprint density at radius 3 is 2.56 bits per heavy atom. The van der Waals surface area contributed by atoms with Crippen LogP contribution in [0.5, 0.6) is 0 Å². The molecule has 0 bridgehead atoms.